The van der Waals surface area contributed by atoms with E-state index in [0.29, 0.717) is 16.6 Å². The summed E-state index contributed by atoms with van der Waals surface area (Å²) in [5.41, 5.74) is 5.61. The fourth-order valence-electron chi connectivity index (χ4n) is 2.05. The third-order valence-corrected chi connectivity index (χ3v) is 3.48. The predicted molar refractivity (Wildman–Crippen MR) is 71.3 cm³/mol. The van der Waals surface area contributed by atoms with Crippen LogP contribution >= 0.6 is 15.9 Å². The molecule has 5 heteroatoms. The summed E-state index contributed by atoms with van der Waals surface area (Å²) in [5.74, 6) is 5.20. The van der Waals surface area contributed by atoms with Gasteiger partial charge in [0.15, 0.2) is 0 Å². The molecular weight excluding hydrogens is 285 g/mol. The Bertz CT molecular complexity index is 584. The smallest absolute Gasteiger partial charge is 0.134 e. The molecule has 0 atom stereocenters. The Labute approximate surface area is 107 Å². The average molecular weight is 298 g/mol. The molecule has 0 aliphatic carbocycles. The van der Waals surface area contributed by atoms with Crippen molar-refractivity contribution in [3.05, 3.63) is 33.7 Å². The Kier molecular flexibility index (Phi) is 3.31. The molecule has 1 heterocycles. The lowest BCUT2D eigenvalue weighted by atomic mass is 10.0. The minimum Gasteiger partial charge on any atom is -0.323 e. The number of aryl methyl sites for hydroxylation is 1. The lowest BCUT2D eigenvalue weighted by molar-refractivity contribution is 0.639. The number of hydrazine groups is 1. The summed E-state index contributed by atoms with van der Waals surface area (Å²) in [7, 11) is 0. The first kappa shape index (κ1) is 12.3. The van der Waals surface area contributed by atoms with Gasteiger partial charge in [-0.15, -0.1) is 0 Å². The van der Waals surface area contributed by atoms with Crippen molar-refractivity contribution in [3.63, 3.8) is 0 Å². The van der Waals surface area contributed by atoms with Crippen LogP contribution in [0.4, 0.5) is 10.1 Å². The Hall–Kier alpha value is -1.20. The molecule has 3 nitrogen and oxygen atoms in total. The quantitative estimate of drug-likeness (QED) is 0.660. The Morgan fingerprint density at radius 1 is 1.47 bits per heavy atom. The van der Waals surface area contributed by atoms with E-state index in [-0.39, 0.29) is 5.82 Å². The van der Waals surface area contributed by atoms with Gasteiger partial charge in [-0.2, -0.15) is 0 Å². The maximum atomic E-state index is 13.9. The Morgan fingerprint density at radius 3 is 2.76 bits per heavy atom. The van der Waals surface area contributed by atoms with Crippen LogP contribution in [0.25, 0.3) is 10.9 Å². The number of hydrogen-bond donors (Lipinski definition) is 2. The van der Waals surface area contributed by atoms with Crippen molar-refractivity contribution < 1.29 is 4.39 Å². The first-order valence-electron chi connectivity index (χ1n) is 5.34. The molecule has 0 aliphatic heterocycles. The Balaban J connectivity index is 2.98. The summed E-state index contributed by atoms with van der Waals surface area (Å²) in [6.45, 7) is 3.89. The molecule has 0 unspecified atom stereocenters. The number of aromatic nitrogens is 1. The van der Waals surface area contributed by atoms with E-state index in [1.165, 1.54) is 6.07 Å². The molecule has 17 heavy (non-hydrogen) atoms. The SMILES string of the molecule is CCc1c(C)nc2c(Br)ccc(F)c2c1NN. The normalized spacial score (nSPS) is 10.9. The highest BCUT2D eigenvalue weighted by molar-refractivity contribution is 9.10. The van der Waals surface area contributed by atoms with E-state index in [1.807, 2.05) is 13.8 Å². The van der Waals surface area contributed by atoms with Gasteiger partial charge in [0.05, 0.1) is 16.6 Å². The first-order valence-corrected chi connectivity index (χ1v) is 6.13. The number of nitrogens with one attached hydrogen (secondary N) is 1. The molecular formula is C12H13BrFN3. The molecule has 0 radical (unpaired) electrons. The zero-order chi connectivity index (χ0) is 12.6. The number of rotatable bonds is 2. The van der Waals surface area contributed by atoms with E-state index >= 15 is 0 Å². The Morgan fingerprint density at radius 2 is 2.18 bits per heavy atom. The molecule has 0 amide bonds. The molecule has 2 aromatic rings. The second-order valence-corrected chi connectivity index (χ2v) is 4.66. The fraction of sp³-hybridized carbons (Fsp3) is 0.250. The number of benzene rings is 1. The second kappa shape index (κ2) is 4.58. The summed E-state index contributed by atoms with van der Waals surface area (Å²) in [6, 6.07) is 3.06. The van der Waals surface area contributed by atoms with E-state index in [9.17, 15) is 4.39 Å². The first-order chi connectivity index (χ1) is 8.10. The van der Waals surface area contributed by atoms with Crippen molar-refractivity contribution in [1.29, 1.82) is 0 Å². The number of fused-ring (bicyclic) bond motifs is 1. The van der Waals surface area contributed by atoms with Gasteiger partial charge in [-0.3, -0.25) is 10.8 Å². The van der Waals surface area contributed by atoms with Crippen LogP contribution in [0.1, 0.15) is 18.2 Å². The number of anilines is 1. The van der Waals surface area contributed by atoms with Gasteiger partial charge in [0.2, 0.25) is 0 Å². The van der Waals surface area contributed by atoms with Crippen LogP contribution in [0.15, 0.2) is 16.6 Å². The lowest BCUT2D eigenvalue weighted by Gasteiger charge is -2.14. The number of halogens is 2. The molecule has 90 valence electrons. The topological polar surface area (TPSA) is 50.9 Å². The van der Waals surface area contributed by atoms with Crippen molar-refractivity contribution in [2.45, 2.75) is 20.3 Å². The molecule has 0 aliphatic rings. The van der Waals surface area contributed by atoms with Gasteiger partial charge in [-0.25, -0.2) is 4.39 Å². The van der Waals surface area contributed by atoms with E-state index in [4.69, 9.17) is 5.84 Å². The minimum absolute atomic E-state index is 0.321. The van der Waals surface area contributed by atoms with Crippen molar-refractivity contribution in [3.8, 4) is 0 Å². The molecule has 0 bridgehead atoms. The maximum Gasteiger partial charge on any atom is 0.134 e. The molecule has 0 saturated carbocycles. The standard InChI is InChI=1S/C12H13BrFN3/c1-3-7-6(2)16-12-8(13)4-5-9(14)10(12)11(7)17-15/h4-5H,3,15H2,1-2H3,(H,16,17). The van der Waals surface area contributed by atoms with Crippen LogP contribution in [0.3, 0.4) is 0 Å². The summed E-state index contributed by atoms with van der Waals surface area (Å²) in [5, 5.41) is 0.435. The molecule has 1 aromatic heterocycles. The van der Waals surface area contributed by atoms with Crippen molar-refractivity contribution in [2.75, 3.05) is 5.43 Å². The van der Waals surface area contributed by atoms with E-state index in [1.54, 1.807) is 6.07 Å². The zero-order valence-electron chi connectivity index (χ0n) is 9.64. The van der Waals surface area contributed by atoms with Crippen LogP contribution in [0, 0.1) is 12.7 Å². The highest BCUT2D eigenvalue weighted by Crippen LogP contribution is 2.33. The molecule has 3 N–H and O–H groups in total. The lowest BCUT2D eigenvalue weighted by Crippen LogP contribution is -2.12. The van der Waals surface area contributed by atoms with Gasteiger partial charge in [0.25, 0.3) is 0 Å². The molecule has 1 aromatic carbocycles. The number of nitrogens with zero attached hydrogens (tertiary/aromatic N) is 1. The van der Waals surface area contributed by atoms with E-state index < -0.39 is 0 Å². The number of pyridine rings is 1. The summed E-state index contributed by atoms with van der Waals surface area (Å²) >= 11 is 3.38. The number of nitrogens with two attached hydrogens (primary N) is 1. The number of hydrogen-bond acceptors (Lipinski definition) is 3. The third kappa shape index (κ3) is 1.89. The number of nitrogen functional groups attached to an aromatic ring is 1. The highest BCUT2D eigenvalue weighted by Gasteiger charge is 2.15. The van der Waals surface area contributed by atoms with Crippen LogP contribution in [-0.2, 0) is 6.42 Å². The molecule has 0 spiro atoms. The average Bonchev–Trinajstić information content (AvgIpc) is 2.32. The summed E-state index contributed by atoms with van der Waals surface area (Å²) in [4.78, 5) is 4.43. The van der Waals surface area contributed by atoms with Crippen molar-refractivity contribution in [1.82, 2.24) is 4.98 Å². The van der Waals surface area contributed by atoms with Gasteiger partial charge in [0, 0.05) is 10.2 Å². The molecule has 0 saturated heterocycles. The van der Waals surface area contributed by atoms with E-state index in [2.05, 4.69) is 26.3 Å². The highest BCUT2D eigenvalue weighted by atomic mass is 79.9. The summed E-state index contributed by atoms with van der Waals surface area (Å²) in [6.07, 6.45) is 0.750. The third-order valence-electron chi connectivity index (χ3n) is 2.84. The largest absolute Gasteiger partial charge is 0.323 e. The zero-order valence-corrected chi connectivity index (χ0v) is 11.2. The molecule has 2 rings (SSSR count). The van der Waals surface area contributed by atoms with Gasteiger partial charge in [0.1, 0.15) is 5.82 Å². The van der Waals surface area contributed by atoms with Gasteiger partial charge in [-0.1, -0.05) is 6.92 Å². The molecule has 0 fully saturated rings. The van der Waals surface area contributed by atoms with Crippen LogP contribution in [0.5, 0.6) is 0 Å². The summed E-state index contributed by atoms with van der Waals surface area (Å²) < 4.78 is 14.7. The van der Waals surface area contributed by atoms with Crippen molar-refractivity contribution in [2.24, 2.45) is 5.84 Å². The van der Waals surface area contributed by atoms with E-state index in [0.717, 1.165) is 22.2 Å². The van der Waals surface area contributed by atoms with Gasteiger partial charge in [-0.05, 0) is 47.0 Å². The maximum absolute atomic E-state index is 13.9. The van der Waals surface area contributed by atoms with Crippen LogP contribution in [0.2, 0.25) is 0 Å². The van der Waals surface area contributed by atoms with Gasteiger partial charge < -0.3 is 5.43 Å². The fourth-order valence-corrected chi connectivity index (χ4v) is 2.47. The second-order valence-electron chi connectivity index (χ2n) is 3.80. The van der Waals surface area contributed by atoms with Crippen molar-refractivity contribution >= 4 is 32.5 Å². The predicted octanol–water partition coefficient (Wildman–Crippen LogP) is 3.29. The minimum atomic E-state index is -0.321. The van der Waals surface area contributed by atoms with Crippen LogP contribution < -0.4 is 11.3 Å². The van der Waals surface area contributed by atoms with Gasteiger partial charge >= 0.3 is 0 Å². The van der Waals surface area contributed by atoms with Crippen LogP contribution in [-0.4, -0.2) is 4.98 Å². The monoisotopic (exact) mass is 297 g/mol.